The molecule has 1 N–H and O–H groups in total. The van der Waals surface area contributed by atoms with Gasteiger partial charge in [-0.2, -0.15) is 10.2 Å². The van der Waals surface area contributed by atoms with Crippen LogP contribution in [-0.2, 0) is 6.54 Å². The van der Waals surface area contributed by atoms with Crippen molar-refractivity contribution in [3.63, 3.8) is 0 Å². The van der Waals surface area contributed by atoms with Crippen molar-refractivity contribution in [2.24, 2.45) is 0 Å². The zero-order valence-corrected chi connectivity index (χ0v) is 16.4. The molecule has 166 valence electrons. The van der Waals surface area contributed by atoms with Gasteiger partial charge in [0.2, 0.25) is 0 Å². The summed E-state index contributed by atoms with van der Waals surface area (Å²) < 4.78 is 68.5. The molecule has 32 heavy (non-hydrogen) atoms. The van der Waals surface area contributed by atoms with E-state index in [2.05, 4.69) is 20.5 Å². The third-order valence-electron chi connectivity index (χ3n) is 4.66. The number of nitrogens with one attached hydrogen (secondary N) is 1. The fraction of sp³-hybridized carbons (Fsp3) is 0.200. The lowest BCUT2D eigenvalue weighted by Crippen LogP contribution is -2.14. The fourth-order valence-electron chi connectivity index (χ4n) is 3.10. The van der Waals surface area contributed by atoms with Crippen LogP contribution in [0, 0.1) is 12.7 Å². The van der Waals surface area contributed by atoms with Crippen molar-refractivity contribution in [2.45, 2.75) is 26.3 Å². The summed E-state index contributed by atoms with van der Waals surface area (Å²) >= 11 is 0. The van der Waals surface area contributed by atoms with Crippen molar-refractivity contribution in [2.75, 3.05) is 5.32 Å². The minimum Gasteiger partial charge on any atom is -0.304 e. The van der Waals surface area contributed by atoms with Crippen molar-refractivity contribution in [3.8, 4) is 0 Å². The molecule has 0 unspecified atom stereocenters. The number of carbonyl (C=O) groups is 1. The Morgan fingerprint density at radius 3 is 2.50 bits per heavy atom. The van der Waals surface area contributed by atoms with Crippen LogP contribution in [0.3, 0.4) is 0 Å². The molecular weight excluding hydrogens is 435 g/mol. The molecule has 12 heteroatoms. The van der Waals surface area contributed by atoms with Gasteiger partial charge in [-0.25, -0.2) is 31.5 Å². The minimum absolute atomic E-state index is 0.121. The Morgan fingerprint density at radius 2 is 1.81 bits per heavy atom. The summed E-state index contributed by atoms with van der Waals surface area (Å²) in [6.45, 7) is 1.83. The Balaban J connectivity index is 1.59. The van der Waals surface area contributed by atoms with Gasteiger partial charge in [-0.1, -0.05) is 18.2 Å². The number of alkyl halides is 4. The summed E-state index contributed by atoms with van der Waals surface area (Å²) in [5.74, 6) is -1.08. The highest BCUT2D eigenvalue weighted by Crippen LogP contribution is 2.25. The SMILES string of the molecule is Cc1cc(NC(=O)c2cc3nc(C(F)F)cc(C(F)F)n3n2)nn1Cc1ccccc1F. The average Bonchev–Trinajstić information content (AvgIpc) is 3.32. The molecule has 0 fully saturated rings. The highest BCUT2D eigenvalue weighted by molar-refractivity contribution is 6.03. The number of benzene rings is 1. The Kier molecular flexibility index (Phi) is 5.59. The van der Waals surface area contributed by atoms with Crippen LogP contribution in [0.15, 0.2) is 42.5 Å². The number of hydrogen-bond donors (Lipinski definition) is 1. The van der Waals surface area contributed by atoms with Gasteiger partial charge in [0.05, 0.1) is 6.54 Å². The predicted molar refractivity (Wildman–Crippen MR) is 103 cm³/mol. The van der Waals surface area contributed by atoms with Crippen molar-refractivity contribution in [1.29, 1.82) is 0 Å². The summed E-state index contributed by atoms with van der Waals surface area (Å²) in [4.78, 5) is 16.1. The van der Waals surface area contributed by atoms with Gasteiger partial charge in [0.15, 0.2) is 17.2 Å². The largest absolute Gasteiger partial charge is 0.304 e. The molecule has 3 aromatic heterocycles. The first-order valence-electron chi connectivity index (χ1n) is 9.29. The van der Waals surface area contributed by atoms with E-state index in [9.17, 15) is 26.7 Å². The minimum atomic E-state index is -3.11. The molecule has 0 saturated carbocycles. The maximum Gasteiger partial charge on any atom is 0.280 e. The Morgan fingerprint density at radius 1 is 1.06 bits per heavy atom. The lowest BCUT2D eigenvalue weighted by molar-refractivity contribution is 0.102. The van der Waals surface area contributed by atoms with Gasteiger partial charge in [0, 0.05) is 23.4 Å². The normalized spacial score (nSPS) is 11.6. The lowest BCUT2D eigenvalue weighted by atomic mass is 10.2. The van der Waals surface area contributed by atoms with Gasteiger partial charge in [0.25, 0.3) is 18.8 Å². The zero-order valence-electron chi connectivity index (χ0n) is 16.4. The van der Waals surface area contributed by atoms with E-state index in [1.54, 1.807) is 25.1 Å². The summed E-state index contributed by atoms with van der Waals surface area (Å²) in [6, 6.07) is 9.28. The molecule has 0 aliphatic rings. The van der Waals surface area contributed by atoms with Crippen LogP contribution >= 0.6 is 0 Å². The van der Waals surface area contributed by atoms with Gasteiger partial charge in [-0.15, -0.1) is 0 Å². The number of carbonyl (C=O) groups excluding carboxylic acids is 1. The number of hydrogen-bond acceptors (Lipinski definition) is 4. The maximum absolute atomic E-state index is 13.9. The molecular formula is C20H15F5N6O. The number of amides is 1. The molecule has 0 saturated heterocycles. The second-order valence-electron chi connectivity index (χ2n) is 6.88. The second kappa shape index (κ2) is 8.36. The monoisotopic (exact) mass is 450 g/mol. The topological polar surface area (TPSA) is 77.1 Å². The number of halogens is 5. The van der Waals surface area contributed by atoms with Gasteiger partial charge >= 0.3 is 0 Å². The molecule has 1 amide bonds. The highest BCUT2D eigenvalue weighted by Gasteiger charge is 2.22. The van der Waals surface area contributed by atoms with Crippen LogP contribution in [0.1, 0.15) is 46.0 Å². The first kappa shape index (κ1) is 21.4. The molecule has 0 spiro atoms. The van der Waals surface area contributed by atoms with E-state index < -0.39 is 36.0 Å². The van der Waals surface area contributed by atoms with Gasteiger partial charge < -0.3 is 5.32 Å². The molecule has 0 aliphatic heterocycles. The van der Waals surface area contributed by atoms with Gasteiger partial charge in [0.1, 0.15) is 17.2 Å². The first-order valence-corrected chi connectivity index (χ1v) is 9.29. The van der Waals surface area contributed by atoms with Gasteiger partial charge in [-0.3, -0.25) is 9.48 Å². The van der Waals surface area contributed by atoms with Crippen LogP contribution in [0.5, 0.6) is 0 Å². The Bertz CT molecular complexity index is 1300. The van der Waals surface area contributed by atoms with E-state index >= 15 is 0 Å². The summed E-state index contributed by atoms with van der Waals surface area (Å²) in [7, 11) is 0. The molecule has 0 bridgehead atoms. The smallest absolute Gasteiger partial charge is 0.280 e. The van der Waals surface area contributed by atoms with Crippen molar-refractivity contribution < 1.29 is 26.7 Å². The predicted octanol–water partition coefficient (Wildman–Crippen LogP) is 4.55. The van der Waals surface area contributed by atoms with E-state index in [1.165, 1.54) is 16.8 Å². The summed E-state index contributed by atoms with van der Waals surface area (Å²) in [6.07, 6.45) is -6.17. The number of aryl methyl sites for hydroxylation is 1. The van der Waals surface area contributed by atoms with Crippen LogP contribution < -0.4 is 5.32 Å². The van der Waals surface area contributed by atoms with Crippen LogP contribution in [0.2, 0.25) is 0 Å². The molecule has 7 nitrogen and oxygen atoms in total. The summed E-state index contributed by atoms with van der Waals surface area (Å²) in [5, 5.41) is 10.4. The Hall–Kier alpha value is -3.83. The third kappa shape index (κ3) is 4.15. The molecule has 1 aromatic carbocycles. The van der Waals surface area contributed by atoms with Crippen LogP contribution in [0.25, 0.3) is 5.65 Å². The van der Waals surface area contributed by atoms with Crippen LogP contribution in [0.4, 0.5) is 27.8 Å². The number of rotatable bonds is 6. The van der Waals surface area contributed by atoms with E-state index in [1.807, 2.05) is 0 Å². The molecule has 4 aromatic rings. The Labute approximate surface area is 177 Å². The van der Waals surface area contributed by atoms with Crippen molar-refractivity contribution >= 4 is 17.4 Å². The quantitative estimate of drug-likeness (QED) is 0.438. The fourth-order valence-corrected chi connectivity index (χ4v) is 3.10. The second-order valence-corrected chi connectivity index (χ2v) is 6.88. The standard InChI is InChI=1S/C20H15F5N6O/c1-10-6-16(29-30(10)9-11-4-2-3-5-12(11)21)27-20(32)14-8-17-26-13(18(22)23)7-15(19(24)25)31(17)28-14/h2-8,18-19H,9H2,1H3,(H,27,29,32). The number of nitrogens with zero attached hydrogens (tertiary/aromatic N) is 5. The summed E-state index contributed by atoms with van der Waals surface area (Å²) in [5.41, 5.74) is -1.26. The highest BCUT2D eigenvalue weighted by atomic mass is 19.3. The average molecular weight is 450 g/mol. The van der Waals surface area contributed by atoms with Gasteiger partial charge in [-0.05, 0) is 19.1 Å². The zero-order chi connectivity index (χ0) is 23.0. The molecule has 0 atom stereocenters. The van der Waals surface area contributed by atoms with E-state index in [4.69, 9.17) is 0 Å². The molecule has 0 radical (unpaired) electrons. The van der Waals surface area contributed by atoms with E-state index in [-0.39, 0.29) is 23.7 Å². The van der Waals surface area contributed by atoms with Crippen molar-refractivity contribution in [1.82, 2.24) is 24.4 Å². The van der Waals surface area contributed by atoms with E-state index in [0.717, 1.165) is 6.07 Å². The number of anilines is 1. The molecule has 4 rings (SSSR count). The van der Waals surface area contributed by atoms with Crippen LogP contribution in [-0.4, -0.2) is 30.3 Å². The first-order chi connectivity index (χ1) is 15.2. The molecule has 0 aliphatic carbocycles. The molecule has 3 heterocycles. The van der Waals surface area contributed by atoms with E-state index in [0.29, 0.717) is 21.8 Å². The number of aromatic nitrogens is 5. The maximum atomic E-state index is 13.9. The van der Waals surface area contributed by atoms with Crippen molar-refractivity contribution in [3.05, 3.63) is 76.6 Å². The number of fused-ring (bicyclic) bond motifs is 1. The third-order valence-corrected chi connectivity index (χ3v) is 4.66. The lowest BCUT2D eigenvalue weighted by Gasteiger charge is -2.06.